The van der Waals surface area contributed by atoms with Crippen LogP contribution in [-0.4, -0.2) is 62.3 Å². The van der Waals surface area contributed by atoms with E-state index in [1.165, 1.54) is 6.08 Å². The maximum absolute atomic E-state index is 12.8. The number of carboxylic acids is 1. The first-order chi connectivity index (χ1) is 18.8. The maximum Gasteiger partial charge on any atom is 0.344 e. The molecule has 0 aliphatic carbocycles. The molecule has 0 aromatic heterocycles. The lowest BCUT2D eigenvalue weighted by Crippen LogP contribution is -2.31. The van der Waals surface area contributed by atoms with Gasteiger partial charge in [0.25, 0.3) is 0 Å². The molecule has 0 radical (unpaired) electrons. The summed E-state index contributed by atoms with van der Waals surface area (Å²) >= 11 is 0. The molecule has 2 aromatic carbocycles. The van der Waals surface area contributed by atoms with Gasteiger partial charge in [-0.05, 0) is 49.4 Å². The van der Waals surface area contributed by atoms with Crippen LogP contribution in [0, 0.1) is 0 Å². The molecule has 8 heteroatoms. The Hall–Kier alpha value is -3.68. The number of carboxylic acid groups (broad SMARTS) is 1. The molecule has 0 saturated heterocycles. The van der Waals surface area contributed by atoms with E-state index >= 15 is 0 Å². The number of fused-ring (bicyclic) bond motifs is 1. The predicted molar refractivity (Wildman–Crippen MR) is 151 cm³/mol. The van der Waals surface area contributed by atoms with E-state index in [4.69, 9.17) is 18.9 Å². The van der Waals surface area contributed by atoms with Gasteiger partial charge in [0.2, 0.25) is 0 Å². The highest BCUT2D eigenvalue weighted by molar-refractivity contribution is 6.07. The van der Waals surface area contributed by atoms with Crippen molar-refractivity contribution in [3.8, 4) is 23.0 Å². The quantitative estimate of drug-likeness (QED) is 0.181. The first-order valence-corrected chi connectivity index (χ1v) is 13.7. The number of hydrogen-bond donors (Lipinski definition) is 1. The Morgan fingerprint density at radius 2 is 1.67 bits per heavy atom. The molecule has 1 aliphatic heterocycles. The second kappa shape index (κ2) is 14.5. The smallest absolute Gasteiger partial charge is 0.344 e. The van der Waals surface area contributed by atoms with E-state index in [1.54, 1.807) is 19.4 Å². The number of aliphatic carboxylic acids is 1. The van der Waals surface area contributed by atoms with Gasteiger partial charge in [0.15, 0.2) is 11.9 Å². The monoisotopic (exact) mass is 539 g/mol. The van der Waals surface area contributed by atoms with Gasteiger partial charge in [0, 0.05) is 43.9 Å². The normalized spacial score (nSPS) is 14.4. The van der Waals surface area contributed by atoms with Gasteiger partial charge in [-0.2, -0.15) is 0 Å². The second-order valence-electron chi connectivity index (χ2n) is 9.83. The van der Waals surface area contributed by atoms with Crippen LogP contribution in [0.25, 0.3) is 0 Å². The first-order valence-electron chi connectivity index (χ1n) is 13.7. The van der Waals surface area contributed by atoms with Gasteiger partial charge in [-0.1, -0.05) is 32.8 Å². The van der Waals surface area contributed by atoms with Crippen molar-refractivity contribution in [3.05, 3.63) is 58.8 Å². The van der Waals surface area contributed by atoms with E-state index in [-0.39, 0.29) is 5.78 Å². The Morgan fingerprint density at radius 1 is 1.03 bits per heavy atom. The van der Waals surface area contributed by atoms with Gasteiger partial charge in [-0.15, -0.1) is 0 Å². The Labute approximate surface area is 231 Å². The Morgan fingerprint density at radius 3 is 2.28 bits per heavy atom. The van der Waals surface area contributed by atoms with Crippen molar-refractivity contribution in [2.24, 2.45) is 0 Å². The van der Waals surface area contributed by atoms with Gasteiger partial charge in [0.1, 0.15) is 23.0 Å². The molecule has 0 bridgehead atoms. The summed E-state index contributed by atoms with van der Waals surface area (Å²) in [7, 11) is 5.30. The maximum atomic E-state index is 12.8. The summed E-state index contributed by atoms with van der Waals surface area (Å²) in [5.41, 5.74) is 3.36. The number of methoxy groups -OCH3 is 1. The van der Waals surface area contributed by atoms with Gasteiger partial charge in [-0.25, -0.2) is 4.79 Å². The fourth-order valence-electron chi connectivity index (χ4n) is 4.67. The Kier molecular flexibility index (Phi) is 11.1. The number of ketones is 1. The number of carbonyl (C=O) groups excluding carboxylic acids is 1. The van der Waals surface area contributed by atoms with E-state index in [9.17, 15) is 14.7 Å². The summed E-state index contributed by atoms with van der Waals surface area (Å²) in [6, 6.07) is 7.52. The van der Waals surface area contributed by atoms with Crippen LogP contribution in [0.4, 0.5) is 0 Å². The molecule has 0 fully saturated rings. The molecular weight excluding hydrogens is 498 g/mol. The van der Waals surface area contributed by atoms with E-state index in [0.29, 0.717) is 55.3 Å². The third kappa shape index (κ3) is 7.68. The van der Waals surface area contributed by atoms with Crippen molar-refractivity contribution in [2.75, 3.05) is 34.4 Å². The van der Waals surface area contributed by atoms with E-state index in [1.807, 2.05) is 37.2 Å². The number of aryl methyl sites for hydroxylation is 1. The van der Waals surface area contributed by atoms with Crippen molar-refractivity contribution < 1.29 is 33.6 Å². The number of ether oxygens (including phenoxy) is 4. The summed E-state index contributed by atoms with van der Waals surface area (Å²) in [5, 5.41) is 9.42. The minimum atomic E-state index is -0.937. The average molecular weight is 540 g/mol. The lowest BCUT2D eigenvalue weighted by Gasteiger charge is -2.26. The first kappa shape index (κ1) is 29.9. The predicted octanol–water partition coefficient (Wildman–Crippen LogP) is 5.48. The molecule has 1 atom stereocenters. The van der Waals surface area contributed by atoms with Crippen LogP contribution in [0.1, 0.15) is 66.6 Å². The molecule has 0 spiro atoms. The molecular formula is C31H41NO7. The summed E-state index contributed by atoms with van der Waals surface area (Å²) in [6.45, 7) is 5.02. The van der Waals surface area contributed by atoms with Crippen LogP contribution in [0.3, 0.4) is 0 Å². The SMILES string of the molecule is CCCc1c(OCCCOc2ccc(C(=O)C=CN(C)C)c(OC)c2CCC)ccc2c1OC(C(=O)O)CC2. The molecule has 0 amide bonds. The van der Waals surface area contributed by atoms with Crippen molar-refractivity contribution in [2.45, 2.75) is 64.9 Å². The number of hydrogen-bond acceptors (Lipinski definition) is 7. The van der Waals surface area contributed by atoms with Gasteiger partial charge in [0.05, 0.1) is 25.9 Å². The van der Waals surface area contributed by atoms with E-state index < -0.39 is 12.1 Å². The van der Waals surface area contributed by atoms with Gasteiger partial charge < -0.3 is 29.0 Å². The molecule has 2 aromatic rings. The summed E-state index contributed by atoms with van der Waals surface area (Å²) < 4.78 is 23.8. The summed E-state index contributed by atoms with van der Waals surface area (Å²) in [4.78, 5) is 26.1. The fourth-order valence-corrected chi connectivity index (χ4v) is 4.67. The average Bonchev–Trinajstić information content (AvgIpc) is 2.92. The van der Waals surface area contributed by atoms with Gasteiger partial charge in [-0.3, -0.25) is 4.79 Å². The highest BCUT2D eigenvalue weighted by Crippen LogP contribution is 2.38. The molecule has 39 heavy (non-hydrogen) atoms. The molecule has 1 N–H and O–H groups in total. The minimum Gasteiger partial charge on any atom is -0.496 e. The van der Waals surface area contributed by atoms with Crippen molar-refractivity contribution >= 4 is 11.8 Å². The zero-order valence-electron chi connectivity index (χ0n) is 23.7. The molecule has 1 aliphatic rings. The summed E-state index contributed by atoms with van der Waals surface area (Å²) in [6.07, 6.45) is 7.46. The van der Waals surface area contributed by atoms with E-state index in [2.05, 4.69) is 13.8 Å². The third-order valence-corrected chi connectivity index (χ3v) is 6.53. The standard InChI is InChI=1S/C31H41NO7/c1-6-9-23-26(14-11-21-12-15-28(31(34)35)39-29(21)23)37-19-8-20-38-27-16-13-22(25(33)17-18-32(3)4)30(36-5)24(27)10-7-2/h11,13-14,16-18,28H,6-10,12,15,19-20H2,1-5H3,(H,34,35). The zero-order chi connectivity index (χ0) is 28.4. The minimum absolute atomic E-state index is 0.121. The van der Waals surface area contributed by atoms with Crippen LogP contribution in [-0.2, 0) is 24.1 Å². The molecule has 8 nitrogen and oxygen atoms in total. The molecule has 3 rings (SSSR count). The van der Waals surface area contributed by atoms with Crippen LogP contribution >= 0.6 is 0 Å². The van der Waals surface area contributed by atoms with E-state index in [0.717, 1.165) is 48.1 Å². The largest absolute Gasteiger partial charge is 0.496 e. The number of rotatable bonds is 15. The highest BCUT2D eigenvalue weighted by atomic mass is 16.5. The number of nitrogens with zero attached hydrogens (tertiary/aromatic N) is 1. The highest BCUT2D eigenvalue weighted by Gasteiger charge is 2.28. The van der Waals surface area contributed by atoms with Crippen molar-refractivity contribution in [1.82, 2.24) is 4.90 Å². The van der Waals surface area contributed by atoms with Crippen molar-refractivity contribution in [3.63, 3.8) is 0 Å². The van der Waals surface area contributed by atoms with Crippen LogP contribution in [0.5, 0.6) is 23.0 Å². The Bertz CT molecular complexity index is 1170. The topological polar surface area (TPSA) is 94.5 Å². The number of carbonyl (C=O) groups is 2. The lowest BCUT2D eigenvalue weighted by atomic mass is 9.96. The second-order valence-corrected chi connectivity index (χ2v) is 9.83. The molecule has 1 unspecified atom stereocenters. The zero-order valence-corrected chi connectivity index (χ0v) is 23.7. The van der Waals surface area contributed by atoms with Crippen LogP contribution in [0.2, 0.25) is 0 Å². The third-order valence-electron chi connectivity index (χ3n) is 6.53. The lowest BCUT2D eigenvalue weighted by molar-refractivity contribution is -0.145. The van der Waals surface area contributed by atoms with Crippen LogP contribution < -0.4 is 18.9 Å². The Balaban J connectivity index is 1.67. The molecule has 1 heterocycles. The summed E-state index contributed by atoms with van der Waals surface area (Å²) in [5.74, 6) is 1.59. The number of benzene rings is 2. The molecule has 0 saturated carbocycles. The van der Waals surface area contributed by atoms with Gasteiger partial charge >= 0.3 is 5.97 Å². The molecule has 212 valence electrons. The van der Waals surface area contributed by atoms with Crippen LogP contribution in [0.15, 0.2) is 36.5 Å². The number of allylic oxidation sites excluding steroid dienone is 1. The van der Waals surface area contributed by atoms with Crippen molar-refractivity contribution in [1.29, 1.82) is 0 Å². The fraction of sp³-hybridized carbons (Fsp3) is 0.484.